The number of nitrogens with zero attached hydrogens (tertiary/aromatic N) is 1. The molecular formula is C10H15NO. The van der Waals surface area contributed by atoms with Crippen LogP contribution >= 0.6 is 0 Å². The summed E-state index contributed by atoms with van der Waals surface area (Å²) in [6.07, 6.45) is 3.72. The molecule has 2 nitrogen and oxygen atoms in total. The molecular weight excluding hydrogens is 150 g/mol. The summed E-state index contributed by atoms with van der Waals surface area (Å²) in [5.41, 5.74) is 2.23. The molecule has 0 aromatic rings. The molecule has 2 heteroatoms. The first-order chi connectivity index (χ1) is 5.59. The molecule has 0 fully saturated rings. The molecule has 0 aromatic carbocycles. The van der Waals surface area contributed by atoms with E-state index in [1.807, 2.05) is 13.8 Å². The molecule has 0 aliphatic carbocycles. The molecule has 0 saturated heterocycles. The maximum atomic E-state index is 10.7. The van der Waals surface area contributed by atoms with E-state index >= 15 is 0 Å². The van der Waals surface area contributed by atoms with Crippen LogP contribution in [0.4, 0.5) is 0 Å². The van der Waals surface area contributed by atoms with Crippen LogP contribution in [0.25, 0.3) is 0 Å². The van der Waals surface area contributed by atoms with Crippen molar-refractivity contribution in [3.05, 3.63) is 11.8 Å². The lowest BCUT2D eigenvalue weighted by molar-refractivity contribution is -0.117. The Bertz CT molecular complexity index is 251. The van der Waals surface area contributed by atoms with Crippen molar-refractivity contribution >= 4 is 11.5 Å². The van der Waals surface area contributed by atoms with Gasteiger partial charge in [-0.15, -0.1) is 0 Å². The van der Waals surface area contributed by atoms with Crippen LogP contribution in [0.3, 0.4) is 0 Å². The molecule has 1 aliphatic rings. The SMILES string of the molecule is CC(=O)CC[C@@H]1C=C(C)N=C1C. The maximum absolute atomic E-state index is 10.7. The van der Waals surface area contributed by atoms with Gasteiger partial charge in [-0.2, -0.15) is 0 Å². The molecule has 1 heterocycles. The topological polar surface area (TPSA) is 29.4 Å². The highest BCUT2D eigenvalue weighted by atomic mass is 16.1. The summed E-state index contributed by atoms with van der Waals surface area (Å²) < 4.78 is 0. The molecule has 12 heavy (non-hydrogen) atoms. The summed E-state index contributed by atoms with van der Waals surface area (Å²) >= 11 is 0. The molecule has 0 bridgehead atoms. The van der Waals surface area contributed by atoms with Gasteiger partial charge < -0.3 is 4.79 Å². The monoisotopic (exact) mass is 165 g/mol. The summed E-state index contributed by atoms with van der Waals surface area (Å²) in [4.78, 5) is 15.0. The van der Waals surface area contributed by atoms with Crippen LogP contribution in [0, 0.1) is 5.92 Å². The normalized spacial score (nSPS) is 22.1. The van der Waals surface area contributed by atoms with Crippen molar-refractivity contribution in [3.63, 3.8) is 0 Å². The highest BCUT2D eigenvalue weighted by Crippen LogP contribution is 2.20. The van der Waals surface area contributed by atoms with E-state index in [1.54, 1.807) is 6.92 Å². The molecule has 0 amide bonds. The van der Waals surface area contributed by atoms with Gasteiger partial charge in [-0.05, 0) is 27.2 Å². The molecule has 66 valence electrons. The van der Waals surface area contributed by atoms with Gasteiger partial charge in [-0.25, -0.2) is 0 Å². The van der Waals surface area contributed by atoms with Crippen molar-refractivity contribution in [2.24, 2.45) is 10.9 Å². The predicted molar refractivity (Wildman–Crippen MR) is 50.3 cm³/mol. The van der Waals surface area contributed by atoms with Gasteiger partial charge in [0.15, 0.2) is 0 Å². The third-order valence-electron chi connectivity index (χ3n) is 2.14. The molecule has 1 rings (SSSR count). The van der Waals surface area contributed by atoms with E-state index in [0.29, 0.717) is 12.3 Å². The zero-order valence-electron chi connectivity index (χ0n) is 7.92. The van der Waals surface area contributed by atoms with Gasteiger partial charge in [0, 0.05) is 23.7 Å². The van der Waals surface area contributed by atoms with E-state index in [1.165, 1.54) is 0 Å². The number of Topliss-reactive ketones (excluding diaryl/α,β-unsaturated/α-hetero) is 1. The summed E-state index contributed by atoms with van der Waals surface area (Å²) in [7, 11) is 0. The lowest BCUT2D eigenvalue weighted by Gasteiger charge is -2.05. The summed E-state index contributed by atoms with van der Waals surface area (Å²) in [5, 5.41) is 0. The number of carbonyl (C=O) groups is 1. The van der Waals surface area contributed by atoms with E-state index in [9.17, 15) is 4.79 Å². The van der Waals surface area contributed by atoms with Gasteiger partial charge in [0.2, 0.25) is 0 Å². The van der Waals surface area contributed by atoms with Gasteiger partial charge >= 0.3 is 0 Å². The van der Waals surface area contributed by atoms with Gasteiger partial charge in [0.25, 0.3) is 0 Å². The molecule has 1 aliphatic heterocycles. The van der Waals surface area contributed by atoms with E-state index in [2.05, 4.69) is 11.1 Å². The van der Waals surface area contributed by atoms with Crippen LogP contribution in [0.1, 0.15) is 33.6 Å². The van der Waals surface area contributed by atoms with Gasteiger partial charge in [-0.1, -0.05) is 6.08 Å². The fraction of sp³-hybridized carbons (Fsp3) is 0.600. The number of hydrogen-bond acceptors (Lipinski definition) is 2. The number of aliphatic imine (C=N–C) groups is 1. The van der Waals surface area contributed by atoms with Crippen LogP contribution in [-0.2, 0) is 4.79 Å². The zero-order valence-corrected chi connectivity index (χ0v) is 7.92. The second-order valence-corrected chi connectivity index (χ2v) is 3.41. The largest absolute Gasteiger partial charge is 0.300 e. The molecule has 0 unspecified atom stereocenters. The quantitative estimate of drug-likeness (QED) is 0.631. The fourth-order valence-corrected chi connectivity index (χ4v) is 1.46. The van der Waals surface area contributed by atoms with Crippen LogP contribution in [0.2, 0.25) is 0 Å². The molecule has 1 atom stereocenters. The number of ketones is 1. The standard InChI is InChI=1S/C10H15NO/c1-7-6-10(9(3)11-7)5-4-8(2)12/h6,10H,4-5H2,1-3H3/t10-/m1/s1. The molecule has 0 radical (unpaired) electrons. The first kappa shape index (κ1) is 9.17. The minimum atomic E-state index is 0.265. The van der Waals surface area contributed by atoms with Crippen molar-refractivity contribution in [3.8, 4) is 0 Å². The zero-order chi connectivity index (χ0) is 9.14. The summed E-state index contributed by atoms with van der Waals surface area (Å²) in [5.74, 6) is 0.676. The first-order valence-electron chi connectivity index (χ1n) is 4.32. The van der Waals surface area contributed by atoms with Crippen molar-refractivity contribution in [1.29, 1.82) is 0 Å². The average Bonchev–Trinajstić information content (AvgIpc) is 2.26. The molecule has 0 spiro atoms. The minimum absolute atomic E-state index is 0.265. The van der Waals surface area contributed by atoms with Crippen LogP contribution in [0.15, 0.2) is 16.8 Å². The highest BCUT2D eigenvalue weighted by Gasteiger charge is 2.15. The first-order valence-corrected chi connectivity index (χ1v) is 4.32. The lowest BCUT2D eigenvalue weighted by atomic mass is 9.98. The predicted octanol–water partition coefficient (Wildman–Crippen LogP) is 2.35. The fourth-order valence-electron chi connectivity index (χ4n) is 1.46. The van der Waals surface area contributed by atoms with Crippen molar-refractivity contribution in [2.45, 2.75) is 33.6 Å². The second-order valence-electron chi connectivity index (χ2n) is 3.41. The number of allylic oxidation sites excluding steroid dienone is 2. The van der Waals surface area contributed by atoms with Crippen molar-refractivity contribution < 1.29 is 4.79 Å². The molecule has 0 aromatic heterocycles. The summed E-state index contributed by atoms with van der Waals surface area (Å²) in [6, 6.07) is 0. The Balaban J connectivity index is 2.45. The number of rotatable bonds is 3. The molecule has 0 saturated carbocycles. The Morgan fingerprint density at radius 2 is 2.25 bits per heavy atom. The van der Waals surface area contributed by atoms with Crippen LogP contribution < -0.4 is 0 Å². The van der Waals surface area contributed by atoms with E-state index in [4.69, 9.17) is 0 Å². The van der Waals surface area contributed by atoms with Gasteiger partial charge in [-0.3, -0.25) is 4.99 Å². The van der Waals surface area contributed by atoms with E-state index in [-0.39, 0.29) is 5.78 Å². The Morgan fingerprint density at radius 1 is 1.58 bits per heavy atom. The average molecular weight is 165 g/mol. The third-order valence-corrected chi connectivity index (χ3v) is 2.14. The smallest absolute Gasteiger partial charge is 0.129 e. The highest BCUT2D eigenvalue weighted by molar-refractivity contribution is 5.89. The van der Waals surface area contributed by atoms with Crippen LogP contribution in [-0.4, -0.2) is 11.5 Å². The number of hydrogen-bond donors (Lipinski definition) is 0. The minimum Gasteiger partial charge on any atom is -0.300 e. The lowest BCUT2D eigenvalue weighted by Crippen LogP contribution is -2.06. The maximum Gasteiger partial charge on any atom is 0.129 e. The Morgan fingerprint density at radius 3 is 2.67 bits per heavy atom. The number of carbonyl (C=O) groups excluding carboxylic acids is 1. The Hall–Kier alpha value is -0.920. The van der Waals surface area contributed by atoms with Crippen LogP contribution in [0.5, 0.6) is 0 Å². The van der Waals surface area contributed by atoms with E-state index < -0.39 is 0 Å². The van der Waals surface area contributed by atoms with Crippen molar-refractivity contribution in [1.82, 2.24) is 0 Å². The molecule has 0 N–H and O–H groups in total. The van der Waals surface area contributed by atoms with Gasteiger partial charge in [0.1, 0.15) is 5.78 Å². The van der Waals surface area contributed by atoms with Gasteiger partial charge in [0.05, 0.1) is 0 Å². The second kappa shape index (κ2) is 3.65. The third kappa shape index (κ3) is 2.29. The van der Waals surface area contributed by atoms with Crippen molar-refractivity contribution in [2.75, 3.05) is 0 Å². The summed E-state index contributed by atoms with van der Waals surface area (Å²) in [6.45, 7) is 5.66. The van der Waals surface area contributed by atoms with E-state index in [0.717, 1.165) is 17.8 Å². The Labute approximate surface area is 73.4 Å². The Kier molecular flexibility index (Phi) is 2.79.